The van der Waals surface area contributed by atoms with Crippen molar-refractivity contribution in [2.75, 3.05) is 6.54 Å². The summed E-state index contributed by atoms with van der Waals surface area (Å²) in [4.78, 5) is 0. The number of nitrogens with one attached hydrogen (secondary N) is 1. The van der Waals surface area contributed by atoms with Crippen LogP contribution in [0.3, 0.4) is 0 Å². The molecule has 0 unspecified atom stereocenters. The van der Waals surface area contributed by atoms with Crippen LogP contribution in [0.1, 0.15) is 33.1 Å². The van der Waals surface area contributed by atoms with Crippen molar-refractivity contribution in [3.63, 3.8) is 0 Å². The van der Waals surface area contributed by atoms with Crippen LogP contribution in [0.5, 0.6) is 0 Å². The maximum absolute atomic E-state index is 3.87. The van der Waals surface area contributed by atoms with Gasteiger partial charge < -0.3 is 5.32 Å². The van der Waals surface area contributed by atoms with Crippen LogP contribution in [-0.4, -0.2) is 6.54 Å². The highest BCUT2D eigenvalue weighted by Crippen LogP contribution is 2.50. The van der Waals surface area contributed by atoms with E-state index in [1.807, 2.05) is 26.0 Å². The second kappa shape index (κ2) is 4.50. The molecule has 1 heterocycles. The molecule has 1 fully saturated rings. The summed E-state index contributed by atoms with van der Waals surface area (Å²) in [6.45, 7) is 12.8. The van der Waals surface area contributed by atoms with Crippen molar-refractivity contribution < 1.29 is 0 Å². The van der Waals surface area contributed by atoms with Crippen LogP contribution >= 0.6 is 0 Å². The third-order valence-electron chi connectivity index (χ3n) is 3.20. The fourth-order valence-corrected chi connectivity index (χ4v) is 2.30. The lowest BCUT2D eigenvalue weighted by atomic mass is 9.65. The molecule has 1 saturated carbocycles. The van der Waals surface area contributed by atoms with Gasteiger partial charge in [-0.05, 0) is 24.5 Å². The van der Waals surface area contributed by atoms with E-state index < -0.39 is 0 Å². The molecule has 1 aliphatic heterocycles. The Bertz CT molecular complexity index is 256. The monoisotopic (exact) mass is 191 g/mol. The zero-order chi connectivity index (χ0) is 10.6. The van der Waals surface area contributed by atoms with E-state index in [4.69, 9.17) is 0 Å². The van der Waals surface area contributed by atoms with Gasteiger partial charge in [-0.25, -0.2) is 0 Å². The second-order valence-electron chi connectivity index (χ2n) is 3.72. The maximum Gasteiger partial charge on any atom is 0.0373 e. The van der Waals surface area contributed by atoms with Crippen molar-refractivity contribution in [1.29, 1.82) is 0 Å². The van der Waals surface area contributed by atoms with Crippen molar-refractivity contribution >= 4 is 0 Å². The molecule has 1 spiro atoms. The SMILES string of the molecule is C=CC1=C(C=C)C2(CCC2)CN1.CC. The van der Waals surface area contributed by atoms with Crippen LogP contribution in [0.15, 0.2) is 36.6 Å². The Morgan fingerprint density at radius 2 is 1.86 bits per heavy atom. The molecule has 1 heteroatoms. The first-order valence-corrected chi connectivity index (χ1v) is 5.56. The Labute approximate surface area is 87.6 Å². The molecule has 0 radical (unpaired) electrons. The lowest BCUT2D eigenvalue weighted by molar-refractivity contribution is 0.207. The summed E-state index contributed by atoms with van der Waals surface area (Å²) < 4.78 is 0. The normalized spacial score (nSPS) is 21.9. The highest BCUT2D eigenvalue weighted by atomic mass is 14.9. The van der Waals surface area contributed by atoms with Gasteiger partial charge in [0.1, 0.15) is 0 Å². The minimum Gasteiger partial charge on any atom is -0.384 e. The first kappa shape index (κ1) is 11.1. The third kappa shape index (κ3) is 1.52. The Hall–Kier alpha value is -0.980. The quantitative estimate of drug-likeness (QED) is 0.705. The lowest BCUT2D eigenvalue weighted by Gasteiger charge is -2.39. The van der Waals surface area contributed by atoms with Gasteiger partial charge in [-0.2, -0.15) is 0 Å². The zero-order valence-electron chi connectivity index (χ0n) is 9.40. The summed E-state index contributed by atoms with van der Waals surface area (Å²) in [6.07, 6.45) is 7.90. The molecule has 0 aromatic carbocycles. The first-order valence-electron chi connectivity index (χ1n) is 5.56. The van der Waals surface area contributed by atoms with E-state index in [1.165, 1.54) is 30.5 Å². The molecule has 0 atom stereocenters. The molecular weight excluding hydrogens is 170 g/mol. The Morgan fingerprint density at radius 1 is 1.21 bits per heavy atom. The topological polar surface area (TPSA) is 12.0 Å². The van der Waals surface area contributed by atoms with Crippen LogP contribution in [0.25, 0.3) is 0 Å². The van der Waals surface area contributed by atoms with E-state index in [9.17, 15) is 0 Å². The summed E-state index contributed by atoms with van der Waals surface area (Å²) in [5, 5.41) is 3.39. The van der Waals surface area contributed by atoms with E-state index in [0.717, 1.165) is 6.54 Å². The average Bonchev–Trinajstić information content (AvgIpc) is 2.58. The van der Waals surface area contributed by atoms with Crippen LogP contribution in [-0.2, 0) is 0 Å². The maximum atomic E-state index is 3.87. The van der Waals surface area contributed by atoms with E-state index in [0.29, 0.717) is 5.41 Å². The van der Waals surface area contributed by atoms with Crippen molar-refractivity contribution in [1.82, 2.24) is 5.32 Å². The highest BCUT2D eigenvalue weighted by Gasteiger charge is 2.43. The Kier molecular flexibility index (Phi) is 3.56. The van der Waals surface area contributed by atoms with Gasteiger partial charge in [0.25, 0.3) is 0 Å². The predicted octanol–water partition coefficient (Wildman–Crippen LogP) is 3.41. The Balaban J connectivity index is 0.000000461. The molecule has 1 nitrogen and oxygen atoms in total. The van der Waals surface area contributed by atoms with E-state index in [2.05, 4.69) is 18.5 Å². The molecule has 78 valence electrons. The van der Waals surface area contributed by atoms with Gasteiger partial charge in [0.15, 0.2) is 0 Å². The summed E-state index contributed by atoms with van der Waals surface area (Å²) >= 11 is 0. The predicted molar refractivity (Wildman–Crippen MR) is 63.1 cm³/mol. The van der Waals surface area contributed by atoms with Gasteiger partial charge in [-0.1, -0.05) is 39.5 Å². The summed E-state index contributed by atoms with van der Waals surface area (Å²) in [5.41, 5.74) is 3.03. The zero-order valence-corrected chi connectivity index (χ0v) is 9.40. The molecule has 1 aliphatic carbocycles. The molecule has 2 aliphatic rings. The number of rotatable bonds is 2. The van der Waals surface area contributed by atoms with Gasteiger partial charge in [-0.15, -0.1) is 0 Å². The standard InChI is InChI=1S/C11H15N.C2H6/c1-3-9-10(4-2)12-8-11(9)6-5-7-11;1-2/h3-4,12H,1-2,5-8H2;1-2H3. The number of hydrogen-bond donors (Lipinski definition) is 1. The molecule has 0 aromatic rings. The summed E-state index contributed by atoms with van der Waals surface area (Å²) in [7, 11) is 0. The molecule has 2 rings (SSSR count). The van der Waals surface area contributed by atoms with Gasteiger partial charge in [-0.3, -0.25) is 0 Å². The number of allylic oxidation sites excluding steroid dienone is 2. The van der Waals surface area contributed by atoms with Crippen LogP contribution < -0.4 is 5.32 Å². The fourth-order valence-electron chi connectivity index (χ4n) is 2.30. The molecule has 0 bridgehead atoms. The molecule has 1 N–H and O–H groups in total. The molecular formula is C13H21N. The summed E-state index contributed by atoms with van der Waals surface area (Å²) in [6, 6.07) is 0. The number of hydrogen-bond acceptors (Lipinski definition) is 1. The minimum atomic E-state index is 0.436. The summed E-state index contributed by atoms with van der Waals surface area (Å²) in [5.74, 6) is 0. The first-order chi connectivity index (χ1) is 6.82. The van der Waals surface area contributed by atoms with Gasteiger partial charge in [0, 0.05) is 17.7 Å². The Morgan fingerprint density at radius 3 is 2.21 bits per heavy atom. The molecule has 14 heavy (non-hydrogen) atoms. The van der Waals surface area contributed by atoms with Gasteiger partial charge >= 0.3 is 0 Å². The van der Waals surface area contributed by atoms with Crippen LogP contribution in [0.4, 0.5) is 0 Å². The highest BCUT2D eigenvalue weighted by molar-refractivity contribution is 5.41. The largest absolute Gasteiger partial charge is 0.384 e. The van der Waals surface area contributed by atoms with Gasteiger partial charge in [0.05, 0.1) is 0 Å². The third-order valence-corrected chi connectivity index (χ3v) is 3.20. The second-order valence-corrected chi connectivity index (χ2v) is 3.72. The van der Waals surface area contributed by atoms with E-state index in [-0.39, 0.29) is 0 Å². The molecule has 0 saturated heterocycles. The van der Waals surface area contributed by atoms with Crippen molar-refractivity contribution in [3.8, 4) is 0 Å². The van der Waals surface area contributed by atoms with E-state index in [1.54, 1.807) is 0 Å². The lowest BCUT2D eigenvalue weighted by Crippen LogP contribution is -2.34. The molecule has 0 aromatic heterocycles. The smallest absolute Gasteiger partial charge is 0.0373 e. The van der Waals surface area contributed by atoms with Gasteiger partial charge in [0.2, 0.25) is 0 Å². The van der Waals surface area contributed by atoms with Crippen LogP contribution in [0.2, 0.25) is 0 Å². The average molecular weight is 191 g/mol. The molecule has 0 amide bonds. The van der Waals surface area contributed by atoms with Crippen molar-refractivity contribution in [2.45, 2.75) is 33.1 Å². The fraction of sp³-hybridized carbons (Fsp3) is 0.538. The van der Waals surface area contributed by atoms with Crippen LogP contribution in [0, 0.1) is 5.41 Å². The minimum absolute atomic E-state index is 0.436. The van der Waals surface area contributed by atoms with Crippen molar-refractivity contribution in [3.05, 3.63) is 36.6 Å². The van der Waals surface area contributed by atoms with E-state index >= 15 is 0 Å². The van der Waals surface area contributed by atoms with Crippen molar-refractivity contribution in [2.24, 2.45) is 5.41 Å².